The number of rotatable bonds is 7. The van der Waals surface area contributed by atoms with Gasteiger partial charge in [0.15, 0.2) is 12.3 Å². The Morgan fingerprint density at radius 3 is 2.56 bits per heavy atom. The SMILES string of the molecule is COc1ccc(OC)c(C(C)NC(=O)COC(=O)c2ccc(=O)n(C)n2)c1. The number of esters is 1. The van der Waals surface area contributed by atoms with Gasteiger partial charge in [0.2, 0.25) is 0 Å². The van der Waals surface area contributed by atoms with Crippen LogP contribution in [0.2, 0.25) is 0 Å². The standard InChI is InChI=1S/C18H21N3O6/c1-11(13-9-12(25-3)5-7-15(13)26-4)19-16(22)10-27-18(24)14-6-8-17(23)21(2)20-14/h5-9,11H,10H2,1-4H3,(H,19,22). The van der Waals surface area contributed by atoms with Crippen LogP contribution in [0.25, 0.3) is 0 Å². The number of ether oxygens (including phenoxy) is 3. The van der Waals surface area contributed by atoms with Gasteiger partial charge in [-0.05, 0) is 31.2 Å². The van der Waals surface area contributed by atoms with E-state index in [1.807, 2.05) is 0 Å². The van der Waals surface area contributed by atoms with Crippen LogP contribution < -0.4 is 20.3 Å². The van der Waals surface area contributed by atoms with Crippen molar-refractivity contribution in [2.24, 2.45) is 7.05 Å². The second-order valence-corrected chi connectivity index (χ2v) is 5.65. The van der Waals surface area contributed by atoms with Gasteiger partial charge in [-0.25, -0.2) is 9.48 Å². The molecule has 0 aliphatic heterocycles. The van der Waals surface area contributed by atoms with E-state index < -0.39 is 24.5 Å². The maximum Gasteiger partial charge on any atom is 0.359 e. The van der Waals surface area contributed by atoms with Crippen LogP contribution in [-0.2, 0) is 16.6 Å². The molecule has 0 radical (unpaired) electrons. The molecular weight excluding hydrogens is 354 g/mol. The number of nitrogens with zero attached hydrogens (tertiary/aromatic N) is 2. The molecule has 0 saturated carbocycles. The van der Waals surface area contributed by atoms with Crippen LogP contribution in [0.3, 0.4) is 0 Å². The summed E-state index contributed by atoms with van der Waals surface area (Å²) in [5, 5.41) is 6.49. The second kappa shape index (κ2) is 8.84. The number of nitrogens with one attached hydrogen (secondary N) is 1. The monoisotopic (exact) mass is 375 g/mol. The predicted octanol–water partition coefficient (Wildman–Crippen LogP) is 0.832. The third-order valence-electron chi connectivity index (χ3n) is 3.78. The van der Waals surface area contributed by atoms with Crippen molar-refractivity contribution in [3.05, 3.63) is 51.9 Å². The molecule has 0 saturated heterocycles. The highest BCUT2D eigenvalue weighted by Gasteiger charge is 2.17. The Balaban J connectivity index is 1.98. The number of amides is 1. The molecule has 0 spiro atoms. The molecule has 2 rings (SSSR count). The second-order valence-electron chi connectivity index (χ2n) is 5.65. The Morgan fingerprint density at radius 1 is 1.19 bits per heavy atom. The molecule has 144 valence electrons. The van der Waals surface area contributed by atoms with Crippen LogP contribution in [-0.4, -0.2) is 42.5 Å². The molecule has 27 heavy (non-hydrogen) atoms. The zero-order valence-electron chi connectivity index (χ0n) is 15.5. The number of aromatic nitrogens is 2. The van der Waals surface area contributed by atoms with E-state index in [1.54, 1.807) is 32.2 Å². The summed E-state index contributed by atoms with van der Waals surface area (Å²) in [6, 6.07) is 7.27. The predicted molar refractivity (Wildman–Crippen MR) is 95.9 cm³/mol. The minimum Gasteiger partial charge on any atom is -0.497 e. The Hall–Kier alpha value is -3.36. The minimum absolute atomic E-state index is 0.0626. The number of methoxy groups -OCH3 is 2. The van der Waals surface area contributed by atoms with Gasteiger partial charge in [0, 0.05) is 18.7 Å². The molecule has 0 fully saturated rings. The summed E-state index contributed by atoms with van der Waals surface area (Å²) >= 11 is 0. The van der Waals surface area contributed by atoms with Crippen LogP contribution in [0.15, 0.2) is 35.1 Å². The summed E-state index contributed by atoms with van der Waals surface area (Å²) in [6.07, 6.45) is 0. The Labute approximate surface area is 155 Å². The van der Waals surface area contributed by atoms with Gasteiger partial charge in [0.25, 0.3) is 11.5 Å². The number of hydrogen-bond donors (Lipinski definition) is 1. The number of carbonyl (C=O) groups excluding carboxylic acids is 2. The normalized spacial score (nSPS) is 11.4. The topological polar surface area (TPSA) is 109 Å². The van der Waals surface area contributed by atoms with Crippen LogP contribution in [0.4, 0.5) is 0 Å². The molecule has 1 aromatic heterocycles. The Bertz CT molecular complexity index is 893. The molecule has 1 heterocycles. The molecule has 2 aromatic rings. The van der Waals surface area contributed by atoms with Crippen LogP contribution >= 0.6 is 0 Å². The van der Waals surface area contributed by atoms with Crippen LogP contribution in [0, 0.1) is 0 Å². The van der Waals surface area contributed by atoms with Crippen molar-refractivity contribution in [1.82, 2.24) is 15.1 Å². The first-order chi connectivity index (χ1) is 12.8. The summed E-state index contributed by atoms with van der Waals surface area (Å²) < 4.78 is 16.4. The van der Waals surface area contributed by atoms with E-state index in [0.29, 0.717) is 11.5 Å². The van der Waals surface area contributed by atoms with Crippen molar-refractivity contribution >= 4 is 11.9 Å². The van der Waals surface area contributed by atoms with E-state index in [4.69, 9.17) is 14.2 Å². The molecule has 1 unspecified atom stereocenters. The average molecular weight is 375 g/mol. The van der Waals surface area contributed by atoms with Gasteiger partial charge < -0.3 is 19.5 Å². The fourth-order valence-electron chi connectivity index (χ4n) is 2.35. The van der Waals surface area contributed by atoms with Gasteiger partial charge in [-0.1, -0.05) is 0 Å². The fourth-order valence-corrected chi connectivity index (χ4v) is 2.35. The quantitative estimate of drug-likeness (QED) is 0.714. The maximum atomic E-state index is 12.1. The van der Waals surface area contributed by atoms with Gasteiger partial charge in [-0.15, -0.1) is 0 Å². The molecule has 0 bridgehead atoms. The van der Waals surface area contributed by atoms with E-state index in [-0.39, 0.29) is 11.3 Å². The van der Waals surface area contributed by atoms with Crippen molar-refractivity contribution in [2.45, 2.75) is 13.0 Å². The summed E-state index contributed by atoms with van der Waals surface area (Å²) in [7, 11) is 4.48. The highest BCUT2D eigenvalue weighted by molar-refractivity contribution is 5.89. The van der Waals surface area contributed by atoms with Gasteiger partial charge in [-0.2, -0.15) is 5.10 Å². The van der Waals surface area contributed by atoms with Crippen molar-refractivity contribution in [2.75, 3.05) is 20.8 Å². The molecule has 9 heteroatoms. The van der Waals surface area contributed by atoms with Gasteiger partial charge >= 0.3 is 5.97 Å². The zero-order chi connectivity index (χ0) is 20.0. The van der Waals surface area contributed by atoms with Crippen molar-refractivity contribution in [3.8, 4) is 11.5 Å². The summed E-state index contributed by atoms with van der Waals surface area (Å²) in [4.78, 5) is 35.3. The molecule has 9 nitrogen and oxygen atoms in total. The zero-order valence-corrected chi connectivity index (χ0v) is 15.5. The van der Waals surface area contributed by atoms with Crippen molar-refractivity contribution in [3.63, 3.8) is 0 Å². The van der Waals surface area contributed by atoms with E-state index in [9.17, 15) is 14.4 Å². The lowest BCUT2D eigenvalue weighted by Gasteiger charge is -2.18. The number of benzene rings is 1. The third kappa shape index (κ3) is 5.06. The highest BCUT2D eigenvalue weighted by atomic mass is 16.5. The summed E-state index contributed by atoms with van der Waals surface area (Å²) in [6.45, 7) is 1.28. The molecule has 1 atom stereocenters. The number of carbonyl (C=O) groups is 2. The van der Waals surface area contributed by atoms with Crippen LogP contribution in [0.5, 0.6) is 11.5 Å². The summed E-state index contributed by atoms with van der Waals surface area (Å²) in [5.41, 5.74) is 0.300. The molecule has 1 amide bonds. The number of hydrogen-bond acceptors (Lipinski definition) is 7. The number of aryl methyl sites for hydroxylation is 1. The van der Waals surface area contributed by atoms with Crippen molar-refractivity contribution < 1.29 is 23.8 Å². The fraction of sp³-hybridized carbons (Fsp3) is 0.333. The molecule has 0 aliphatic rings. The lowest BCUT2D eigenvalue weighted by Crippen LogP contribution is -2.31. The lowest BCUT2D eigenvalue weighted by molar-refractivity contribution is -0.124. The van der Waals surface area contributed by atoms with E-state index in [0.717, 1.165) is 10.2 Å². The molecule has 1 aromatic carbocycles. The van der Waals surface area contributed by atoms with Crippen LogP contribution in [0.1, 0.15) is 29.0 Å². The smallest absolute Gasteiger partial charge is 0.359 e. The molecule has 1 N–H and O–H groups in total. The Kier molecular flexibility index (Phi) is 6.53. The molecular formula is C18H21N3O6. The van der Waals surface area contributed by atoms with E-state index in [1.165, 1.54) is 26.3 Å². The average Bonchev–Trinajstić information content (AvgIpc) is 2.67. The van der Waals surface area contributed by atoms with E-state index >= 15 is 0 Å². The lowest BCUT2D eigenvalue weighted by atomic mass is 10.1. The van der Waals surface area contributed by atoms with Gasteiger partial charge in [-0.3, -0.25) is 9.59 Å². The largest absolute Gasteiger partial charge is 0.497 e. The summed E-state index contributed by atoms with van der Waals surface area (Å²) in [5.74, 6) is -0.0769. The molecule has 0 aliphatic carbocycles. The van der Waals surface area contributed by atoms with Gasteiger partial charge in [0.1, 0.15) is 11.5 Å². The first-order valence-electron chi connectivity index (χ1n) is 8.08. The van der Waals surface area contributed by atoms with E-state index in [2.05, 4.69) is 10.4 Å². The first kappa shape index (κ1) is 20.0. The first-order valence-corrected chi connectivity index (χ1v) is 8.08. The third-order valence-corrected chi connectivity index (χ3v) is 3.78. The highest BCUT2D eigenvalue weighted by Crippen LogP contribution is 2.29. The van der Waals surface area contributed by atoms with Gasteiger partial charge in [0.05, 0.1) is 20.3 Å². The Morgan fingerprint density at radius 2 is 1.93 bits per heavy atom. The maximum absolute atomic E-state index is 12.1. The van der Waals surface area contributed by atoms with Crippen molar-refractivity contribution in [1.29, 1.82) is 0 Å². The minimum atomic E-state index is -0.799.